The highest BCUT2D eigenvalue weighted by molar-refractivity contribution is 9.10. The van der Waals surface area contributed by atoms with Crippen molar-refractivity contribution in [2.45, 2.75) is 6.92 Å². The first-order valence-corrected chi connectivity index (χ1v) is 8.11. The minimum absolute atomic E-state index is 0.186. The molecule has 1 aromatic heterocycles. The Labute approximate surface area is 148 Å². The Morgan fingerprint density at radius 1 is 1.21 bits per heavy atom. The van der Waals surface area contributed by atoms with E-state index in [-0.39, 0.29) is 17.5 Å². The van der Waals surface area contributed by atoms with Gasteiger partial charge in [0, 0.05) is 35.6 Å². The van der Waals surface area contributed by atoms with Gasteiger partial charge in [-0.25, -0.2) is 0 Å². The molecule has 2 rings (SSSR count). The number of anilines is 1. The zero-order valence-electron chi connectivity index (χ0n) is 13.4. The summed E-state index contributed by atoms with van der Waals surface area (Å²) < 4.78 is 5.82. The lowest BCUT2D eigenvalue weighted by Crippen LogP contribution is -2.28. The largest absolute Gasteiger partial charge is 0.383 e. The highest BCUT2D eigenvalue weighted by Gasteiger charge is 2.12. The van der Waals surface area contributed by atoms with Crippen molar-refractivity contribution in [3.05, 3.63) is 57.8 Å². The molecule has 0 spiro atoms. The number of hydrogen-bond acceptors (Lipinski definition) is 4. The van der Waals surface area contributed by atoms with E-state index in [2.05, 4.69) is 31.5 Å². The van der Waals surface area contributed by atoms with E-state index in [4.69, 9.17) is 4.74 Å². The van der Waals surface area contributed by atoms with Crippen molar-refractivity contribution in [3.63, 3.8) is 0 Å². The van der Waals surface area contributed by atoms with Crippen LogP contribution in [0.5, 0.6) is 0 Å². The zero-order chi connectivity index (χ0) is 17.5. The molecule has 2 aromatic rings. The average molecular weight is 392 g/mol. The van der Waals surface area contributed by atoms with Crippen LogP contribution in [0.4, 0.5) is 5.69 Å². The monoisotopic (exact) mass is 391 g/mol. The summed E-state index contributed by atoms with van der Waals surface area (Å²) in [6.07, 6.45) is 1.44. The summed E-state index contributed by atoms with van der Waals surface area (Å²) in [4.78, 5) is 28.4. The van der Waals surface area contributed by atoms with Crippen LogP contribution in [0.1, 0.15) is 26.4 Å². The van der Waals surface area contributed by atoms with E-state index in [1.807, 2.05) is 25.1 Å². The maximum Gasteiger partial charge on any atom is 0.269 e. The van der Waals surface area contributed by atoms with Crippen LogP contribution in [0, 0.1) is 6.92 Å². The van der Waals surface area contributed by atoms with Gasteiger partial charge in [0.15, 0.2) is 0 Å². The molecule has 0 fully saturated rings. The molecular weight excluding hydrogens is 374 g/mol. The maximum atomic E-state index is 12.4. The second-order valence-corrected chi connectivity index (χ2v) is 6.01. The molecule has 0 saturated carbocycles. The third-order valence-corrected chi connectivity index (χ3v) is 3.78. The zero-order valence-corrected chi connectivity index (χ0v) is 15.0. The molecule has 7 heteroatoms. The number of aromatic nitrogens is 1. The molecule has 2 amide bonds. The summed E-state index contributed by atoms with van der Waals surface area (Å²) >= 11 is 3.38. The lowest BCUT2D eigenvalue weighted by molar-refractivity contribution is 0.0932. The molecule has 126 valence electrons. The second kappa shape index (κ2) is 8.56. The van der Waals surface area contributed by atoms with Gasteiger partial charge in [-0.3, -0.25) is 14.6 Å². The Morgan fingerprint density at radius 3 is 2.71 bits per heavy atom. The molecule has 1 heterocycles. The van der Waals surface area contributed by atoms with E-state index >= 15 is 0 Å². The van der Waals surface area contributed by atoms with Crippen molar-refractivity contribution in [2.24, 2.45) is 0 Å². The van der Waals surface area contributed by atoms with Gasteiger partial charge >= 0.3 is 0 Å². The molecule has 0 atom stereocenters. The molecule has 0 aliphatic rings. The number of carbonyl (C=O) groups excluding carboxylic acids is 2. The van der Waals surface area contributed by atoms with Crippen LogP contribution in [-0.2, 0) is 4.74 Å². The number of ether oxygens (including phenoxy) is 1. The molecule has 0 unspecified atom stereocenters. The van der Waals surface area contributed by atoms with E-state index in [1.165, 1.54) is 12.3 Å². The standard InChI is InChI=1S/C17H18BrN3O3/c1-11-9-13(18)3-4-14(11)21-16(22)12-5-6-19-15(10-12)17(23)20-7-8-24-2/h3-6,9-10H,7-8H2,1-2H3,(H,20,23)(H,21,22). The predicted molar refractivity (Wildman–Crippen MR) is 95.3 cm³/mol. The van der Waals surface area contributed by atoms with Gasteiger partial charge in [-0.05, 0) is 42.8 Å². The Kier molecular flexibility index (Phi) is 6.45. The van der Waals surface area contributed by atoms with E-state index < -0.39 is 0 Å². The van der Waals surface area contributed by atoms with Crippen LogP contribution in [0.2, 0.25) is 0 Å². The number of amides is 2. The molecule has 0 aliphatic carbocycles. The topological polar surface area (TPSA) is 80.3 Å². The lowest BCUT2D eigenvalue weighted by atomic mass is 10.1. The van der Waals surface area contributed by atoms with Gasteiger partial charge in [-0.1, -0.05) is 15.9 Å². The van der Waals surface area contributed by atoms with Gasteiger partial charge < -0.3 is 15.4 Å². The summed E-state index contributed by atoms with van der Waals surface area (Å²) in [6, 6.07) is 8.61. The number of benzene rings is 1. The maximum absolute atomic E-state index is 12.4. The fraction of sp³-hybridized carbons (Fsp3) is 0.235. The van der Waals surface area contributed by atoms with Crippen molar-refractivity contribution >= 4 is 33.4 Å². The summed E-state index contributed by atoms with van der Waals surface area (Å²) in [7, 11) is 1.56. The lowest BCUT2D eigenvalue weighted by Gasteiger charge is -2.09. The number of carbonyl (C=O) groups is 2. The summed E-state index contributed by atoms with van der Waals surface area (Å²) in [5, 5.41) is 5.50. The quantitative estimate of drug-likeness (QED) is 0.741. The SMILES string of the molecule is COCCNC(=O)c1cc(C(=O)Nc2ccc(Br)cc2C)ccn1. The smallest absolute Gasteiger partial charge is 0.269 e. The van der Waals surface area contributed by atoms with Crippen LogP contribution in [-0.4, -0.2) is 37.1 Å². The van der Waals surface area contributed by atoms with Gasteiger partial charge in [0.1, 0.15) is 5.69 Å². The van der Waals surface area contributed by atoms with E-state index in [1.54, 1.807) is 13.2 Å². The Hall–Kier alpha value is -2.25. The summed E-state index contributed by atoms with van der Waals surface area (Å²) in [5.41, 5.74) is 2.20. The fourth-order valence-electron chi connectivity index (χ4n) is 2.01. The minimum atomic E-state index is -0.346. The van der Waals surface area contributed by atoms with Gasteiger partial charge in [0.25, 0.3) is 11.8 Å². The number of nitrogens with zero attached hydrogens (tertiary/aromatic N) is 1. The fourth-order valence-corrected chi connectivity index (χ4v) is 2.49. The Bertz CT molecular complexity index is 750. The van der Waals surface area contributed by atoms with Gasteiger partial charge in [0.2, 0.25) is 0 Å². The third-order valence-electron chi connectivity index (χ3n) is 3.28. The molecule has 1 aromatic carbocycles. The predicted octanol–water partition coefficient (Wildman–Crippen LogP) is 2.78. The first-order chi connectivity index (χ1) is 11.5. The molecular formula is C17H18BrN3O3. The van der Waals surface area contributed by atoms with Crippen molar-refractivity contribution < 1.29 is 14.3 Å². The highest BCUT2D eigenvalue weighted by atomic mass is 79.9. The molecule has 24 heavy (non-hydrogen) atoms. The molecule has 6 nitrogen and oxygen atoms in total. The van der Waals surface area contributed by atoms with E-state index in [0.29, 0.717) is 24.4 Å². The molecule has 0 bridgehead atoms. The third kappa shape index (κ3) is 4.87. The van der Waals surface area contributed by atoms with Crippen molar-refractivity contribution in [1.82, 2.24) is 10.3 Å². The Morgan fingerprint density at radius 2 is 2.00 bits per heavy atom. The van der Waals surface area contributed by atoms with Gasteiger partial charge in [0.05, 0.1) is 6.61 Å². The van der Waals surface area contributed by atoms with Crippen LogP contribution >= 0.6 is 15.9 Å². The average Bonchev–Trinajstić information content (AvgIpc) is 2.57. The number of aryl methyl sites for hydroxylation is 1. The normalized spacial score (nSPS) is 10.3. The Balaban J connectivity index is 2.09. The number of nitrogens with one attached hydrogen (secondary N) is 2. The first-order valence-electron chi connectivity index (χ1n) is 7.32. The molecule has 0 aliphatic heterocycles. The number of rotatable bonds is 6. The summed E-state index contributed by atoms with van der Waals surface area (Å²) in [6.45, 7) is 2.70. The molecule has 0 radical (unpaired) electrons. The highest BCUT2D eigenvalue weighted by Crippen LogP contribution is 2.20. The second-order valence-electron chi connectivity index (χ2n) is 5.09. The first kappa shape index (κ1) is 18.1. The number of methoxy groups -OCH3 is 1. The molecule has 0 saturated heterocycles. The number of pyridine rings is 1. The molecule has 2 N–H and O–H groups in total. The van der Waals surface area contributed by atoms with Crippen LogP contribution < -0.4 is 10.6 Å². The van der Waals surface area contributed by atoms with Crippen molar-refractivity contribution in [2.75, 3.05) is 25.6 Å². The minimum Gasteiger partial charge on any atom is -0.383 e. The van der Waals surface area contributed by atoms with E-state index in [0.717, 1.165) is 10.0 Å². The van der Waals surface area contributed by atoms with Gasteiger partial charge in [-0.2, -0.15) is 0 Å². The van der Waals surface area contributed by atoms with Crippen molar-refractivity contribution in [3.8, 4) is 0 Å². The van der Waals surface area contributed by atoms with Crippen LogP contribution in [0.25, 0.3) is 0 Å². The van der Waals surface area contributed by atoms with Crippen molar-refractivity contribution in [1.29, 1.82) is 0 Å². The number of halogens is 1. The van der Waals surface area contributed by atoms with Crippen LogP contribution in [0.15, 0.2) is 41.0 Å². The van der Waals surface area contributed by atoms with Crippen LogP contribution in [0.3, 0.4) is 0 Å². The van der Waals surface area contributed by atoms with Gasteiger partial charge in [-0.15, -0.1) is 0 Å². The van der Waals surface area contributed by atoms with E-state index in [9.17, 15) is 9.59 Å². The summed E-state index contributed by atoms with van der Waals surface area (Å²) in [5.74, 6) is -0.643. The number of hydrogen-bond donors (Lipinski definition) is 2.